The molecule has 28 heavy (non-hydrogen) atoms. The molecule has 0 atom stereocenters. The Morgan fingerprint density at radius 2 is 2.11 bits per heavy atom. The molecule has 0 saturated carbocycles. The Morgan fingerprint density at radius 3 is 2.75 bits per heavy atom. The van der Waals surface area contributed by atoms with Crippen molar-refractivity contribution in [2.24, 2.45) is 5.92 Å². The van der Waals surface area contributed by atoms with Crippen LogP contribution in [0.2, 0.25) is 0 Å². The monoisotopic (exact) mass is 424 g/mol. The molecule has 0 bridgehead atoms. The van der Waals surface area contributed by atoms with Crippen molar-refractivity contribution >= 4 is 38.4 Å². The van der Waals surface area contributed by atoms with Crippen molar-refractivity contribution in [1.82, 2.24) is 14.3 Å². The standard InChI is InChI=1S/C17H20N4O5S2/c1-12(22)19-17-20-14(11-27-17)10-26-16(23)13-4-7-21(8-5-13)28(24,25)15-3-2-6-18-9-15/h2-3,6,9,11,13H,4-5,7-8,10H2,1H3,(H,19,20,22). The van der Waals surface area contributed by atoms with Gasteiger partial charge in [0.15, 0.2) is 5.13 Å². The molecule has 1 N–H and O–H groups in total. The van der Waals surface area contributed by atoms with E-state index in [4.69, 9.17) is 4.74 Å². The van der Waals surface area contributed by atoms with Crippen LogP contribution in [0, 0.1) is 5.92 Å². The largest absolute Gasteiger partial charge is 0.459 e. The number of nitrogens with zero attached hydrogens (tertiary/aromatic N) is 3. The third kappa shape index (κ3) is 4.91. The Kier molecular flexibility index (Phi) is 6.37. The van der Waals surface area contributed by atoms with Gasteiger partial charge in [0.05, 0.1) is 11.6 Å². The number of nitrogens with one attached hydrogen (secondary N) is 1. The zero-order chi connectivity index (χ0) is 20.1. The predicted octanol–water partition coefficient (Wildman–Crippen LogP) is 1.64. The summed E-state index contributed by atoms with van der Waals surface area (Å²) in [6.45, 7) is 1.91. The van der Waals surface area contributed by atoms with E-state index < -0.39 is 10.0 Å². The normalized spacial score (nSPS) is 15.9. The molecule has 0 aliphatic carbocycles. The summed E-state index contributed by atoms with van der Waals surface area (Å²) in [6.07, 6.45) is 3.63. The molecule has 1 aliphatic rings. The number of piperidine rings is 1. The van der Waals surface area contributed by atoms with Gasteiger partial charge in [-0.05, 0) is 25.0 Å². The van der Waals surface area contributed by atoms with Gasteiger partial charge in [-0.25, -0.2) is 13.4 Å². The van der Waals surface area contributed by atoms with Crippen molar-refractivity contribution in [3.63, 3.8) is 0 Å². The van der Waals surface area contributed by atoms with Gasteiger partial charge >= 0.3 is 5.97 Å². The smallest absolute Gasteiger partial charge is 0.309 e. The number of carbonyl (C=O) groups excluding carboxylic acids is 2. The maximum atomic E-state index is 12.6. The summed E-state index contributed by atoms with van der Waals surface area (Å²) in [5.41, 5.74) is 0.554. The van der Waals surface area contributed by atoms with E-state index in [-0.39, 0.29) is 42.4 Å². The molecule has 9 nitrogen and oxygen atoms in total. The number of hydrogen-bond acceptors (Lipinski definition) is 8. The summed E-state index contributed by atoms with van der Waals surface area (Å²) < 4.78 is 31.8. The van der Waals surface area contributed by atoms with E-state index in [9.17, 15) is 18.0 Å². The Hall–Kier alpha value is -2.37. The van der Waals surface area contributed by atoms with Crippen LogP contribution < -0.4 is 5.32 Å². The summed E-state index contributed by atoms with van der Waals surface area (Å²) in [4.78, 5) is 31.5. The van der Waals surface area contributed by atoms with E-state index in [1.807, 2.05) is 0 Å². The molecule has 3 heterocycles. The third-order valence-electron chi connectivity index (χ3n) is 4.26. The van der Waals surface area contributed by atoms with Gasteiger partial charge < -0.3 is 10.1 Å². The van der Waals surface area contributed by atoms with Gasteiger partial charge in [-0.3, -0.25) is 14.6 Å². The lowest BCUT2D eigenvalue weighted by Crippen LogP contribution is -2.40. The number of amides is 1. The Labute approximate surface area is 166 Å². The Bertz CT molecular complexity index is 937. The minimum absolute atomic E-state index is 0.0170. The van der Waals surface area contributed by atoms with Gasteiger partial charge in [0.2, 0.25) is 15.9 Å². The molecule has 11 heteroatoms. The number of pyridine rings is 1. The maximum Gasteiger partial charge on any atom is 0.309 e. The van der Waals surface area contributed by atoms with E-state index in [2.05, 4.69) is 15.3 Å². The van der Waals surface area contributed by atoms with E-state index in [0.717, 1.165) is 0 Å². The second-order valence-electron chi connectivity index (χ2n) is 6.30. The Balaban J connectivity index is 1.50. The molecule has 2 aromatic rings. The van der Waals surface area contributed by atoms with Crippen LogP contribution in [0.25, 0.3) is 0 Å². The fourth-order valence-electron chi connectivity index (χ4n) is 2.82. The van der Waals surface area contributed by atoms with Crippen LogP contribution in [0.1, 0.15) is 25.5 Å². The molecule has 150 valence electrons. The number of carbonyl (C=O) groups is 2. The third-order valence-corrected chi connectivity index (χ3v) is 6.95. The van der Waals surface area contributed by atoms with Crippen LogP contribution in [0.3, 0.4) is 0 Å². The van der Waals surface area contributed by atoms with Crippen molar-refractivity contribution in [3.05, 3.63) is 35.6 Å². The van der Waals surface area contributed by atoms with Crippen LogP contribution in [-0.4, -0.2) is 47.7 Å². The number of sulfonamides is 1. The average molecular weight is 425 g/mol. The van der Waals surface area contributed by atoms with Crippen LogP contribution >= 0.6 is 11.3 Å². The summed E-state index contributed by atoms with van der Waals surface area (Å²) in [6, 6.07) is 3.08. The van der Waals surface area contributed by atoms with Gasteiger partial charge in [0.25, 0.3) is 0 Å². The van der Waals surface area contributed by atoms with Gasteiger partial charge in [0, 0.05) is 37.8 Å². The maximum absolute atomic E-state index is 12.6. The van der Waals surface area contributed by atoms with Crippen LogP contribution in [0.4, 0.5) is 5.13 Å². The van der Waals surface area contributed by atoms with Crippen molar-refractivity contribution in [1.29, 1.82) is 0 Å². The number of esters is 1. The fraction of sp³-hybridized carbons (Fsp3) is 0.412. The number of aromatic nitrogens is 2. The van der Waals surface area contributed by atoms with Crippen LogP contribution in [0.15, 0.2) is 34.8 Å². The average Bonchev–Trinajstić information content (AvgIpc) is 3.13. The van der Waals surface area contributed by atoms with Crippen molar-refractivity contribution < 1.29 is 22.7 Å². The molecule has 3 rings (SSSR count). The van der Waals surface area contributed by atoms with Gasteiger partial charge in [-0.2, -0.15) is 4.31 Å². The molecule has 1 amide bonds. The molecule has 0 aromatic carbocycles. The first-order chi connectivity index (χ1) is 13.4. The zero-order valence-electron chi connectivity index (χ0n) is 15.2. The first-order valence-electron chi connectivity index (χ1n) is 8.65. The molecule has 0 radical (unpaired) electrons. The minimum Gasteiger partial charge on any atom is -0.459 e. The van der Waals surface area contributed by atoms with Crippen molar-refractivity contribution in [2.45, 2.75) is 31.3 Å². The number of ether oxygens (including phenoxy) is 1. The zero-order valence-corrected chi connectivity index (χ0v) is 16.8. The highest BCUT2D eigenvalue weighted by molar-refractivity contribution is 7.89. The summed E-state index contributed by atoms with van der Waals surface area (Å²) >= 11 is 1.25. The highest BCUT2D eigenvalue weighted by Crippen LogP contribution is 2.25. The first kappa shape index (κ1) is 20.4. The number of anilines is 1. The molecular weight excluding hydrogens is 404 g/mol. The molecule has 0 spiro atoms. The predicted molar refractivity (Wildman–Crippen MR) is 102 cm³/mol. The van der Waals surface area contributed by atoms with Crippen molar-refractivity contribution in [2.75, 3.05) is 18.4 Å². The van der Waals surface area contributed by atoms with Crippen LogP contribution in [-0.2, 0) is 31.0 Å². The Morgan fingerprint density at radius 1 is 1.36 bits per heavy atom. The van der Waals surface area contributed by atoms with Gasteiger partial charge in [-0.1, -0.05) is 0 Å². The molecule has 2 aromatic heterocycles. The lowest BCUT2D eigenvalue weighted by Gasteiger charge is -2.29. The fourth-order valence-corrected chi connectivity index (χ4v) is 5.00. The summed E-state index contributed by atoms with van der Waals surface area (Å²) in [5, 5.41) is 4.73. The molecule has 1 aliphatic heterocycles. The van der Waals surface area contributed by atoms with Gasteiger partial charge in [-0.15, -0.1) is 11.3 Å². The lowest BCUT2D eigenvalue weighted by molar-refractivity contribution is -0.151. The van der Waals surface area contributed by atoms with E-state index in [1.165, 1.54) is 41.0 Å². The van der Waals surface area contributed by atoms with Gasteiger partial charge in [0.1, 0.15) is 11.5 Å². The first-order valence-corrected chi connectivity index (χ1v) is 11.0. The van der Waals surface area contributed by atoms with Crippen LogP contribution in [0.5, 0.6) is 0 Å². The second kappa shape index (κ2) is 8.76. The summed E-state index contributed by atoms with van der Waals surface area (Å²) in [7, 11) is -3.60. The number of hydrogen-bond donors (Lipinski definition) is 1. The van der Waals surface area contributed by atoms with E-state index >= 15 is 0 Å². The SMILES string of the molecule is CC(=O)Nc1nc(COC(=O)C2CCN(S(=O)(=O)c3cccnc3)CC2)cs1. The highest BCUT2D eigenvalue weighted by atomic mass is 32.2. The number of rotatable bonds is 6. The van der Waals surface area contributed by atoms with Crippen molar-refractivity contribution in [3.8, 4) is 0 Å². The van der Waals surface area contributed by atoms with E-state index in [1.54, 1.807) is 11.4 Å². The topological polar surface area (TPSA) is 119 Å². The molecule has 1 fully saturated rings. The highest BCUT2D eigenvalue weighted by Gasteiger charge is 2.32. The molecule has 1 saturated heterocycles. The minimum atomic E-state index is -3.60. The lowest BCUT2D eigenvalue weighted by atomic mass is 9.98. The quantitative estimate of drug-likeness (QED) is 0.700. The molecular formula is C17H20N4O5S2. The van der Waals surface area contributed by atoms with E-state index in [0.29, 0.717) is 23.7 Å². The second-order valence-corrected chi connectivity index (χ2v) is 9.10. The molecule has 0 unspecified atom stereocenters. The summed E-state index contributed by atoms with van der Waals surface area (Å²) in [5.74, 6) is -0.938. The number of thiazole rings is 1.